The molecule has 3 N–H and O–H groups in total. The number of hydrogen-bond acceptors (Lipinski definition) is 2. The lowest BCUT2D eigenvalue weighted by Crippen LogP contribution is -2.31. The summed E-state index contributed by atoms with van der Waals surface area (Å²) in [4.78, 5) is 24.4. The standard InChI is InChI=1S/C23H29N3O2/c1-4-16-7-6-8-17(5-2)21(16)26-23(28)24-15(3)18-11-13-20(14-12-18)25-22(27)19-9-10-19/h6-8,11-15,19H,4-5,9-10H2,1-3H3,(H,25,27)(H2,24,26,28). The largest absolute Gasteiger partial charge is 0.331 e. The van der Waals surface area contributed by atoms with Crippen molar-refractivity contribution < 1.29 is 9.59 Å². The molecule has 1 saturated carbocycles. The minimum absolute atomic E-state index is 0.0969. The van der Waals surface area contributed by atoms with Gasteiger partial charge in [0.2, 0.25) is 5.91 Å². The van der Waals surface area contributed by atoms with Gasteiger partial charge >= 0.3 is 6.03 Å². The van der Waals surface area contributed by atoms with Crippen LogP contribution in [0.25, 0.3) is 0 Å². The fourth-order valence-corrected chi connectivity index (χ4v) is 3.28. The lowest BCUT2D eigenvalue weighted by Gasteiger charge is -2.18. The molecule has 1 aliphatic carbocycles. The number of para-hydroxylation sites is 1. The van der Waals surface area contributed by atoms with Crippen LogP contribution in [0.1, 0.15) is 56.3 Å². The molecule has 2 aromatic rings. The van der Waals surface area contributed by atoms with Gasteiger partial charge in [0.15, 0.2) is 0 Å². The molecule has 0 spiro atoms. The van der Waals surface area contributed by atoms with Crippen molar-refractivity contribution in [2.24, 2.45) is 5.92 Å². The monoisotopic (exact) mass is 379 g/mol. The average molecular weight is 380 g/mol. The molecular formula is C23H29N3O2. The highest BCUT2D eigenvalue weighted by Crippen LogP contribution is 2.30. The predicted molar refractivity (Wildman–Crippen MR) is 114 cm³/mol. The van der Waals surface area contributed by atoms with Crippen LogP contribution < -0.4 is 16.0 Å². The summed E-state index contributed by atoms with van der Waals surface area (Å²) in [5.74, 6) is 0.280. The van der Waals surface area contributed by atoms with Crippen LogP contribution in [-0.2, 0) is 17.6 Å². The summed E-state index contributed by atoms with van der Waals surface area (Å²) >= 11 is 0. The highest BCUT2D eigenvalue weighted by Gasteiger charge is 2.29. The van der Waals surface area contributed by atoms with Crippen molar-refractivity contribution in [3.8, 4) is 0 Å². The van der Waals surface area contributed by atoms with Crippen LogP contribution in [0.3, 0.4) is 0 Å². The Morgan fingerprint density at radius 2 is 1.57 bits per heavy atom. The van der Waals surface area contributed by atoms with E-state index in [9.17, 15) is 9.59 Å². The van der Waals surface area contributed by atoms with Crippen LogP contribution in [0.2, 0.25) is 0 Å². The molecule has 3 amide bonds. The molecule has 148 valence electrons. The lowest BCUT2D eigenvalue weighted by molar-refractivity contribution is -0.117. The number of rotatable bonds is 7. The Balaban J connectivity index is 1.60. The van der Waals surface area contributed by atoms with Crippen molar-refractivity contribution in [3.63, 3.8) is 0 Å². The van der Waals surface area contributed by atoms with E-state index in [2.05, 4.69) is 29.8 Å². The third kappa shape index (κ3) is 4.91. The van der Waals surface area contributed by atoms with Gasteiger partial charge < -0.3 is 16.0 Å². The molecule has 3 rings (SSSR count). The van der Waals surface area contributed by atoms with E-state index in [0.717, 1.165) is 53.7 Å². The highest BCUT2D eigenvalue weighted by molar-refractivity contribution is 5.94. The summed E-state index contributed by atoms with van der Waals surface area (Å²) in [6.07, 6.45) is 3.71. The lowest BCUT2D eigenvalue weighted by atomic mass is 10.0. The van der Waals surface area contributed by atoms with Crippen LogP contribution in [0.15, 0.2) is 42.5 Å². The maximum atomic E-state index is 12.5. The fourth-order valence-electron chi connectivity index (χ4n) is 3.28. The first-order chi connectivity index (χ1) is 13.5. The highest BCUT2D eigenvalue weighted by atomic mass is 16.2. The zero-order valence-electron chi connectivity index (χ0n) is 16.8. The first-order valence-electron chi connectivity index (χ1n) is 10.1. The molecule has 0 bridgehead atoms. The quantitative estimate of drug-likeness (QED) is 0.630. The molecule has 1 aliphatic rings. The van der Waals surface area contributed by atoms with Gasteiger partial charge in [-0.2, -0.15) is 0 Å². The summed E-state index contributed by atoms with van der Waals surface area (Å²) in [6, 6.07) is 13.4. The molecule has 0 aromatic heterocycles. The van der Waals surface area contributed by atoms with E-state index in [0.29, 0.717) is 0 Å². The molecule has 1 unspecified atom stereocenters. The van der Waals surface area contributed by atoms with Gasteiger partial charge in [0.05, 0.1) is 6.04 Å². The van der Waals surface area contributed by atoms with Crippen molar-refractivity contribution in [2.45, 2.75) is 52.5 Å². The van der Waals surface area contributed by atoms with Gasteiger partial charge in [0.1, 0.15) is 0 Å². The SMILES string of the molecule is CCc1cccc(CC)c1NC(=O)NC(C)c1ccc(NC(=O)C2CC2)cc1. The van der Waals surface area contributed by atoms with E-state index in [1.807, 2.05) is 49.4 Å². The number of aryl methyl sites for hydroxylation is 2. The summed E-state index contributed by atoms with van der Waals surface area (Å²) in [5.41, 5.74) is 4.96. The smallest absolute Gasteiger partial charge is 0.319 e. The minimum Gasteiger partial charge on any atom is -0.331 e. The summed E-state index contributed by atoms with van der Waals surface area (Å²) < 4.78 is 0. The number of carbonyl (C=O) groups excluding carboxylic acids is 2. The van der Waals surface area contributed by atoms with E-state index < -0.39 is 0 Å². The van der Waals surface area contributed by atoms with Crippen molar-refractivity contribution in [1.29, 1.82) is 0 Å². The zero-order chi connectivity index (χ0) is 20.1. The van der Waals surface area contributed by atoms with Crippen molar-refractivity contribution in [3.05, 3.63) is 59.2 Å². The number of anilines is 2. The minimum atomic E-state index is -0.214. The molecular weight excluding hydrogens is 350 g/mol. The molecule has 5 nitrogen and oxygen atoms in total. The van der Waals surface area contributed by atoms with Crippen LogP contribution in [-0.4, -0.2) is 11.9 Å². The molecule has 0 saturated heterocycles. The van der Waals surface area contributed by atoms with E-state index in [-0.39, 0.29) is 23.9 Å². The molecule has 5 heteroatoms. The molecule has 0 aliphatic heterocycles. The van der Waals surface area contributed by atoms with Gasteiger partial charge in [0, 0.05) is 17.3 Å². The number of amides is 3. The van der Waals surface area contributed by atoms with Gasteiger partial charge in [-0.3, -0.25) is 4.79 Å². The van der Waals surface area contributed by atoms with Gasteiger partial charge in [-0.15, -0.1) is 0 Å². The van der Waals surface area contributed by atoms with Gasteiger partial charge in [-0.25, -0.2) is 4.79 Å². The zero-order valence-corrected chi connectivity index (χ0v) is 16.8. The van der Waals surface area contributed by atoms with E-state index >= 15 is 0 Å². The second-order valence-corrected chi connectivity index (χ2v) is 7.36. The second-order valence-electron chi connectivity index (χ2n) is 7.36. The molecule has 0 radical (unpaired) electrons. The number of hydrogen-bond donors (Lipinski definition) is 3. The van der Waals surface area contributed by atoms with Crippen molar-refractivity contribution in [1.82, 2.24) is 5.32 Å². The Bertz CT molecular complexity index is 819. The van der Waals surface area contributed by atoms with E-state index in [1.165, 1.54) is 0 Å². The number of carbonyl (C=O) groups is 2. The molecule has 0 heterocycles. The maximum absolute atomic E-state index is 12.5. The van der Waals surface area contributed by atoms with Gasteiger partial charge in [0.25, 0.3) is 0 Å². The first kappa shape index (κ1) is 19.9. The van der Waals surface area contributed by atoms with Gasteiger partial charge in [-0.05, 0) is 61.4 Å². The number of nitrogens with one attached hydrogen (secondary N) is 3. The number of urea groups is 1. The summed E-state index contributed by atoms with van der Waals surface area (Å²) in [7, 11) is 0. The second kappa shape index (κ2) is 8.91. The molecule has 1 atom stereocenters. The Morgan fingerprint density at radius 1 is 0.964 bits per heavy atom. The van der Waals surface area contributed by atoms with E-state index in [4.69, 9.17) is 0 Å². The maximum Gasteiger partial charge on any atom is 0.319 e. The van der Waals surface area contributed by atoms with Gasteiger partial charge in [-0.1, -0.05) is 44.2 Å². The van der Waals surface area contributed by atoms with Crippen molar-refractivity contribution >= 4 is 23.3 Å². The van der Waals surface area contributed by atoms with E-state index in [1.54, 1.807) is 0 Å². The van der Waals surface area contributed by atoms with Crippen LogP contribution in [0.5, 0.6) is 0 Å². The summed E-state index contributed by atoms with van der Waals surface area (Å²) in [5, 5.41) is 8.96. The molecule has 1 fully saturated rings. The third-order valence-electron chi connectivity index (χ3n) is 5.21. The van der Waals surface area contributed by atoms with Crippen molar-refractivity contribution in [2.75, 3.05) is 10.6 Å². The Labute approximate surface area is 166 Å². The van der Waals surface area contributed by atoms with Crippen LogP contribution in [0, 0.1) is 5.92 Å². The number of benzene rings is 2. The van der Waals surface area contributed by atoms with Crippen LogP contribution >= 0.6 is 0 Å². The Kier molecular flexibility index (Phi) is 6.34. The molecule has 2 aromatic carbocycles. The topological polar surface area (TPSA) is 70.2 Å². The Morgan fingerprint density at radius 3 is 2.11 bits per heavy atom. The predicted octanol–water partition coefficient (Wildman–Crippen LogP) is 5.04. The fraction of sp³-hybridized carbons (Fsp3) is 0.391. The third-order valence-corrected chi connectivity index (χ3v) is 5.21. The average Bonchev–Trinajstić information content (AvgIpc) is 3.54. The van der Waals surface area contributed by atoms with Crippen LogP contribution in [0.4, 0.5) is 16.2 Å². The normalized spacial score (nSPS) is 14.2. The molecule has 28 heavy (non-hydrogen) atoms. The Hall–Kier alpha value is -2.82. The summed E-state index contributed by atoms with van der Waals surface area (Å²) in [6.45, 7) is 6.12. The first-order valence-corrected chi connectivity index (χ1v) is 10.1.